The van der Waals surface area contributed by atoms with E-state index < -0.39 is 0 Å². The molecule has 3 fully saturated rings. The fourth-order valence-electron chi connectivity index (χ4n) is 4.01. The molecule has 0 spiro atoms. The molecule has 1 N–H and O–H groups in total. The Labute approximate surface area is 116 Å². The van der Waals surface area contributed by atoms with Gasteiger partial charge in [0, 0.05) is 36.5 Å². The molecule has 4 unspecified atom stereocenters. The molecule has 2 nitrogen and oxygen atoms in total. The van der Waals surface area contributed by atoms with Gasteiger partial charge in [-0.2, -0.15) is 11.8 Å². The van der Waals surface area contributed by atoms with Crippen molar-refractivity contribution in [1.29, 1.82) is 0 Å². The Balaban J connectivity index is 1.68. The summed E-state index contributed by atoms with van der Waals surface area (Å²) in [6, 6.07) is 2.46. The summed E-state index contributed by atoms with van der Waals surface area (Å²) in [5, 5.41) is 4.72. The lowest BCUT2D eigenvalue weighted by Gasteiger charge is -2.45. The zero-order chi connectivity index (χ0) is 12.5. The van der Waals surface area contributed by atoms with Crippen molar-refractivity contribution in [2.24, 2.45) is 5.92 Å². The summed E-state index contributed by atoms with van der Waals surface area (Å²) >= 11 is 2.11. The maximum atomic E-state index is 3.82. The molecule has 2 saturated carbocycles. The first-order valence-electron chi connectivity index (χ1n) is 7.85. The van der Waals surface area contributed by atoms with Crippen molar-refractivity contribution in [3.63, 3.8) is 0 Å². The summed E-state index contributed by atoms with van der Waals surface area (Å²) in [5.41, 5.74) is 0. The van der Waals surface area contributed by atoms with E-state index >= 15 is 0 Å². The van der Waals surface area contributed by atoms with Crippen LogP contribution in [0.1, 0.15) is 45.4 Å². The molecule has 4 atom stereocenters. The molecular formula is C15H28N2S. The summed E-state index contributed by atoms with van der Waals surface area (Å²) < 4.78 is 0. The monoisotopic (exact) mass is 268 g/mol. The minimum absolute atomic E-state index is 0.790. The molecular weight excluding hydrogens is 240 g/mol. The second-order valence-corrected chi connectivity index (χ2v) is 7.46. The average molecular weight is 268 g/mol. The molecule has 0 amide bonds. The highest BCUT2D eigenvalue weighted by atomic mass is 32.2. The fraction of sp³-hybridized carbons (Fsp3) is 1.00. The van der Waals surface area contributed by atoms with Crippen LogP contribution in [0.2, 0.25) is 0 Å². The maximum Gasteiger partial charge on any atom is 0.0224 e. The summed E-state index contributed by atoms with van der Waals surface area (Å²) in [7, 11) is 0. The minimum Gasteiger partial charge on any atom is -0.311 e. The Bertz CT molecular complexity index is 280. The Morgan fingerprint density at radius 3 is 2.72 bits per heavy atom. The summed E-state index contributed by atoms with van der Waals surface area (Å²) in [5.74, 6) is 0.999. The number of nitrogens with zero attached hydrogens (tertiary/aromatic N) is 1. The van der Waals surface area contributed by atoms with E-state index in [9.17, 15) is 0 Å². The average Bonchev–Trinajstić information content (AvgIpc) is 3.15. The Morgan fingerprint density at radius 1 is 1.22 bits per heavy atom. The van der Waals surface area contributed by atoms with E-state index in [0.29, 0.717) is 0 Å². The van der Waals surface area contributed by atoms with Gasteiger partial charge in [0.05, 0.1) is 0 Å². The van der Waals surface area contributed by atoms with Gasteiger partial charge in [-0.1, -0.05) is 13.3 Å². The number of hydrogen-bond acceptors (Lipinski definition) is 3. The van der Waals surface area contributed by atoms with Crippen LogP contribution >= 0.6 is 11.8 Å². The van der Waals surface area contributed by atoms with Crippen molar-refractivity contribution in [2.75, 3.05) is 19.3 Å². The molecule has 18 heavy (non-hydrogen) atoms. The molecule has 0 aromatic carbocycles. The molecule has 0 aromatic rings. The van der Waals surface area contributed by atoms with Gasteiger partial charge in [0.2, 0.25) is 0 Å². The molecule has 3 aliphatic rings. The Hall–Kier alpha value is 0.270. The summed E-state index contributed by atoms with van der Waals surface area (Å²) in [4.78, 5) is 2.90. The molecule has 0 bridgehead atoms. The third-order valence-corrected chi connectivity index (χ3v) is 6.46. The first-order chi connectivity index (χ1) is 8.83. The summed E-state index contributed by atoms with van der Waals surface area (Å²) in [6.45, 7) is 4.92. The Kier molecular flexibility index (Phi) is 4.21. The van der Waals surface area contributed by atoms with Gasteiger partial charge in [-0.3, -0.25) is 4.90 Å². The van der Waals surface area contributed by atoms with Crippen molar-refractivity contribution in [3.05, 3.63) is 0 Å². The van der Waals surface area contributed by atoms with Gasteiger partial charge in [-0.15, -0.1) is 0 Å². The first-order valence-corrected chi connectivity index (χ1v) is 9.14. The molecule has 3 heteroatoms. The van der Waals surface area contributed by atoms with Crippen LogP contribution in [-0.2, 0) is 0 Å². The van der Waals surface area contributed by atoms with Crippen LogP contribution in [0.4, 0.5) is 0 Å². The second kappa shape index (κ2) is 5.72. The van der Waals surface area contributed by atoms with Crippen molar-refractivity contribution < 1.29 is 0 Å². The van der Waals surface area contributed by atoms with Crippen LogP contribution in [0.25, 0.3) is 0 Å². The zero-order valence-electron chi connectivity index (χ0n) is 11.9. The van der Waals surface area contributed by atoms with Crippen LogP contribution < -0.4 is 5.32 Å². The van der Waals surface area contributed by atoms with Crippen LogP contribution in [0, 0.1) is 5.92 Å². The van der Waals surface area contributed by atoms with E-state index in [-0.39, 0.29) is 0 Å². The highest BCUT2D eigenvalue weighted by Gasteiger charge is 2.41. The van der Waals surface area contributed by atoms with E-state index in [0.717, 1.165) is 29.3 Å². The Morgan fingerprint density at radius 2 is 2.06 bits per heavy atom. The fourth-order valence-corrected chi connectivity index (χ4v) is 5.01. The number of hydrogen-bond donors (Lipinski definition) is 1. The van der Waals surface area contributed by atoms with Gasteiger partial charge in [0.25, 0.3) is 0 Å². The van der Waals surface area contributed by atoms with Crippen LogP contribution in [-0.4, -0.2) is 47.6 Å². The standard InChI is InChI=1S/C15H28N2S/c1-3-12-9-16-13(11-7-8-11)10-17(12)14-5-4-6-15(14)18-2/h11-16H,3-10H2,1-2H3. The van der Waals surface area contributed by atoms with E-state index in [1.165, 1.54) is 51.6 Å². The molecule has 0 radical (unpaired) electrons. The largest absolute Gasteiger partial charge is 0.311 e. The highest BCUT2D eigenvalue weighted by Crippen LogP contribution is 2.38. The van der Waals surface area contributed by atoms with Crippen LogP contribution in [0.3, 0.4) is 0 Å². The molecule has 2 aliphatic carbocycles. The minimum atomic E-state index is 0.790. The predicted octanol–water partition coefficient (Wildman–Crippen LogP) is 2.73. The number of rotatable bonds is 4. The third-order valence-electron chi connectivity index (χ3n) is 5.30. The third kappa shape index (κ3) is 2.59. The van der Waals surface area contributed by atoms with E-state index in [2.05, 4.69) is 35.2 Å². The van der Waals surface area contributed by atoms with E-state index in [1.54, 1.807) is 0 Å². The normalized spacial score (nSPS) is 42.3. The van der Waals surface area contributed by atoms with Gasteiger partial charge >= 0.3 is 0 Å². The van der Waals surface area contributed by atoms with Gasteiger partial charge in [0.15, 0.2) is 0 Å². The molecule has 1 aliphatic heterocycles. The molecule has 1 saturated heterocycles. The zero-order valence-corrected chi connectivity index (χ0v) is 12.7. The van der Waals surface area contributed by atoms with Crippen molar-refractivity contribution >= 4 is 11.8 Å². The van der Waals surface area contributed by atoms with Gasteiger partial charge in [0.1, 0.15) is 0 Å². The van der Waals surface area contributed by atoms with Crippen molar-refractivity contribution in [3.8, 4) is 0 Å². The van der Waals surface area contributed by atoms with E-state index in [1.807, 2.05) is 0 Å². The van der Waals surface area contributed by atoms with E-state index in [4.69, 9.17) is 0 Å². The predicted molar refractivity (Wildman–Crippen MR) is 80.2 cm³/mol. The second-order valence-electron chi connectivity index (χ2n) is 6.38. The summed E-state index contributed by atoms with van der Waals surface area (Å²) in [6.07, 6.45) is 10.9. The lowest BCUT2D eigenvalue weighted by molar-refractivity contribution is 0.0776. The lowest BCUT2D eigenvalue weighted by Crippen LogP contribution is -2.60. The topological polar surface area (TPSA) is 15.3 Å². The number of nitrogens with one attached hydrogen (secondary N) is 1. The van der Waals surface area contributed by atoms with Gasteiger partial charge in [-0.05, 0) is 44.3 Å². The maximum absolute atomic E-state index is 3.82. The van der Waals surface area contributed by atoms with Crippen LogP contribution in [0.15, 0.2) is 0 Å². The van der Waals surface area contributed by atoms with Crippen molar-refractivity contribution in [1.82, 2.24) is 10.2 Å². The van der Waals surface area contributed by atoms with Crippen LogP contribution in [0.5, 0.6) is 0 Å². The SMILES string of the molecule is CCC1CNC(C2CC2)CN1C1CCCC1SC. The highest BCUT2D eigenvalue weighted by molar-refractivity contribution is 7.99. The first kappa shape index (κ1) is 13.3. The van der Waals surface area contributed by atoms with Crippen molar-refractivity contribution in [2.45, 2.75) is 68.8 Å². The van der Waals surface area contributed by atoms with Gasteiger partial charge < -0.3 is 5.32 Å². The quantitative estimate of drug-likeness (QED) is 0.844. The lowest BCUT2D eigenvalue weighted by atomic mass is 10.0. The molecule has 3 rings (SSSR count). The molecule has 104 valence electrons. The molecule has 0 aromatic heterocycles. The number of piperazine rings is 1. The number of thioether (sulfide) groups is 1. The van der Waals surface area contributed by atoms with Gasteiger partial charge in [-0.25, -0.2) is 0 Å². The molecule has 1 heterocycles. The smallest absolute Gasteiger partial charge is 0.0224 e.